The summed E-state index contributed by atoms with van der Waals surface area (Å²) in [5.41, 5.74) is 2.03. The van der Waals surface area contributed by atoms with Crippen LogP contribution in [0.5, 0.6) is 5.75 Å². The van der Waals surface area contributed by atoms with Crippen LogP contribution in [0.2, 0.25) is 0 Å². The van der Waals surface area contributed by atoms with Crippen molar-refractivity contribution in [3.05, 3.63) is 78.6 Å². The van der Waals surface area contributed by atoms with Crippen molar-refractivity contribution in [3.63, 3.8) is 0 Å². The Kier molecular flexibility index (Phi) is 3.63. The largest absolute Gasteiger partial charge is 0.476 e. The smallest absolute Gasteiger partial charge is 0.358 e. The summed E-state index contributed by atoms with van der Waals surface area (Å²) < 4.78 is 0. The monoisotopic (exact) mass is 331 g/mol. The van der Waals surface area contributed by atoms with Crippen molar-refractivity contribution < 1.29 is 14.7 Å². The molecule has 6 nitrogen and oxygen atoms in total. The molecule has 0 atom stereocenters. The van der Waals surface area contributed by atoms with Gasteiger partial charge in [0.15, 0.2) is 11.4 Å². The van der Waals surface area contributed by atoms with Gasteiger partial charge in [-0.2, -0.15) is 0 Å². The van der Waals surface area contributed by atoms with E-state index in [4.69, 9.17) is 9.94 Å². The van der Waals surface area contributed by atoms with Gasteiger partial charge in [0.05, 0.1) is 0 Å². The Morgan fingerprint density at radius 1 is 0.960 bits per heavy atom. The van der Waals surface area contributed by atoms with E-state index in [2.05, 4.69) is 34.6 Å². The zero-order valence-electron chi connectivity index (χ0n) is 13.0. The van der Waals surface area contributed by atoms with E-state index >= 15 is 0 Å². The first-order chi connectivity index (χ1) is 12.2. The number of carboxylic acid groups (broad SMARTS) is 1. The molecule has 0 radical (unpaired) electrons. The van der Waals surface area contributed by atoms with Gasteiger partial charge in [-0.3, -0.25) is 0 Å². The topological polar surface area (TPSA) is 77.2 Å². The van der Waals surface area contributed by atoms with Crippen LogP contribution in [-0.2, 0) is 0 Å². The lowest BCUT2D eigenvalue weighted by atomic mass is 9.98. The average Bonchev–Trinajstić information content (AvgIpc) is 3.11. The molecule has 4 rings (SSSR count). The second-order valence-electron chi connectivity index (χ2n) is 5.45. The van der Waals surface area contributed by atoms with Crippen LogP contribution in [0.15, 0.2) is 72.9 Å². The number of aromatic nitrogens is 3. The Hall–Kier alpha value is -3.67. The Balaban J connectivity index is 1.62. The number of aromatic carboxylic acids is 1. The van der Waals surface area contributed by atoms with Gasteiger partial charge >= 0.3 is 5.97 Å². The second kappa shape index (κ2) is 6.09. The van der Waals surface area contributed by atoms with E-state index in [1.54, 1.807) is 12.1 Å². The van der Waals surface area contributed by atoms with E-state index in [0.29, 0.717) is 5.75 Å². The number of rotatable bonds is 4. The molecule has 0 amide bonds. The highest BCUT2D eigenvalue weighted by molar-refractivity contribution is 5.96. The molecule has 6 heteroatoms. The zero-order chi connectivity index (χ0) is 17.2. The van der Waals surface area contributed by atoms with Crippen molar-refractivity contribution >= 4 is 16.7 Å². The highest BCUT2D eigenvalue weighted by Crippen LogP contribution is 2.29. The quantitative estimate of drug-likeness (QED) is 0.618. The van der Waals surface area contributed by atoms with Crippen LogP contribution in [0, 0.1) is 0 Å². The predicted molar refractivity (Wildman–Crippen MR) is 92.4 cm³/mol. The summed E-state index contributed by atoms with van der Waals surface area (Å²) in [6.07, 6.45) is 1.21. The molecular weight excluding hydrogens is 318 g/mol. The molecule has 4 aromatic rings. The normalized spacial score (nSPS) is 10.7. The number of hydrogen-bond acceptors (Lipinski definition) is 4. The van der Waals surface area contributed by atoms with E-state index in [1.807, 2.05) is 30.3 Å². The molecule has 0 spiro atoms. The van der Waals surface area contributed by atoms with Crippen LogP contribution in [-0.4, -0.2) is 26.2 Å². The van der Waals surface area contributed by atoms with Gasteiger partial charge in [0.25, 0.3) is 0 Å². The van der Waals surface area contributed by atoms with Crippen molar-refractivity contribution in [1.29, 1.82) is 0 Å². The predicted octanol–water partition coefficient (Wildman–Crippen LogP) is 3.64. The van der Waals surface area contributed by atoms with Crippen LogP contribution in [0.4, 0.5) is 0 Å². The van der Waals surface area contributed by atoms with Gasteiger partial charge in [0.2, 0.25) is 0 Å². The lowest BCUT2D eigenvalue weighted by molar-refractivity contribution is 0.0690. The number of fused-ring (bicyclic) bond motifs is 1. The molecule has 1 N–H and O–H groups in total. The van der Waals surface area contributed by atoms with E-state index in [-0.39, 0.29) is 5.69 Å². The van der Waals surface area contributed by atoms with Gasteiger partial charge in [0.1, 0.15) is 6.20 Å². The number of hydrogen-bond donors (Lipinski definition) is 1. The fourth-order valence-electron chi connectivity index (χ4n) is 2.67. The summed E-state index contributed by atoms with van der Waals surface area (Å²) in [4.78, 5) is 17.3. The number of nitrogens with zero attached hydrogens (tertiary/aromatic N) is 3. The highest BCUT2D eigenvalue weighted by atomic mass is 16.7. The van der Waals surface area contributed by atoms with E-state index in [0.717, 1.165) is 16.0 Å². The number of benzene rings is 3. The summed E-state index contributed by atoms with van der Waals surface area (Å²) in [7, 11) is 0. The zero-order valence-corrected chi connectivity index (χ0v) is 13.0. The summed E-state index contributed by atoms with van der Waals surface area (Å²) in [6, 6.07) is 21.9. The van der Waals surface area contributed by atoms with Gasteiger partial charge in [-0.05, 0) is 39.2 Å². The van der Waals surface area contributed by atoms with Crippen molar-refractivity contribution in [2.75, 3.05) is 0 Å². The van der Waals surface area contributed by atoms with Crippen LogP contribution >= 0.6 is 0 Å². The first-order valence-electron chi connectivity index (χ1n) is 7.63. The van der Waals surface area contributed by atoms with Crippen molar-refractivity contribution in [2.24, 2.45) is 0 Å². The van der Waals surface area contributed by atoms with E-state index < -0.39 is 5.97 Å². The molecule has 1 heterocycles. The Morgan fingerprint density at radius 3 is 2.48 bits per heavy atom. The average molecular weight is 331 g/mol. The van der Waals surface area contributed by atoms with Crippen LogP contribution in [0.1, 0.15) is 10.5 Å². The van der Waals surface area contributed by atoms with E-state index in [1.165, 1.54) is 17.0 Å². The van der Waals surface area contributed by atoms with Crippen LogP contribution in [0.25, 0.3) is 21.9 Å². The summed E-state index contributed by atoms with van der Waals surface area (Å²) >= 11 is 0. The first kappa shape index (κ1) is 14.9. The van der Waals surface area contributed by atoms with Crippen LogP contribution in [0.3, 0.4) is 0 Å². The minimum Gasteiger partial charge on any atom is -0.476 e. The SMILES string of the molecule is O=C(O)c1cn(Oc2ccc(-c3cccc4ccccc34)cc2)nn1. The molecule has 0 bridgehead atoms. The molecular formula is C19H13N3O3. The third-order valence-corrected chi connectivity index (χ3v) is 3.85. The number of carboxylic acids is 1. The molecule has 0 saturated carbocycles. The molecule has 122 valence electrons. The maximum absolute atomic E-state index is 10.8. The lowest BCUT2D eigenvalue weighted by Crippen LogP contribution is -2.05. The molecule has 3 aromatic carbocycles. The third kappa shape index (κ3) is 2.92. The molecule has 0 saturated heterocycles. The fraction of sp³-hybridized carbons (Fsp3) is 0. The molecule has 0 fully saturated rings. The Labute approximate surface area is 142 Å². The van der Waals surface area contributed by atoms with Gasteiger partial charge in [0, 0.05) is 0 Å². The van der Waals surface area contributed by atoms with Crippen molar-refractivity contribution in [3.8, 4) is 16.9 Å². The maximum atomic E-state index is 10.8. The standard InChI is InChI=1S/C19H13N3O3/c23-19(24)18-12-22(21-20-18)25-15-10-8-14(9-11-15)17-7-3-5-13-4-1-2-6-16(13)17/h1-12H,(H,23,24). The molecule has 0 aliphatic rings. The molecule has 0 unspecified atom stereocenters. The molecule has 1 aromatic heterocycles. The Bertz CT molecular complexity index is 1050. The minimum absolute atomic E-state index is 0.174. The van der Waals surface area contributed by atoms with Crippen LogP contribution < -0.4 is 4.84 Å². The third-order valence-electron chi connectivity index (χ3n) is 3.85. The van der Waals surface area contributed by atoms with E-state index in [9.17, 15) is 4.79 Å². The Morgan fingerprint density at radius 2 is 1.72 bits per heavy atom. The van der Waals surface area contributed by atoms with Gasteiger partial charge in [-0.25, -0.2) is 4.79 Å². The first-order valence-corrected chi connectivity index (χ1v) is 7.63. The maximum Gasteiger partial charge on any atom is 0.358 e. The summed E-state index contributed by atoms with van der Waals surface area (Å²) in [5, 5.41) is 18.3. The molecule has 0 aliphatic carbocycles. The second-order valence-corrected chi connectivity index (χ2v) is 5.45. The minimum atomic E-state index is -1.15. The lowest BCUT2D eigenvalue weighted by Gasteiger charge is -2.08. The number of carbonyl (C=O) groups is 1. The molecule has 0 aliphatic heterocycles. The van der Waals surface area contributed by atoms with Gasteiger partial charge in [-0.1, -0.05) is 59.4 Å². The summed E-state index contributed by atoms with van der Waals surface area (Å²) in [6.45, 7) is 0. The fourth-order valence-corrected chi connectivity index (χ4v) is 2.67. The summed E-state index contributed by atoms with van der Waals surface area (Å²) in [5.74, 6) is -0.619. The van der Waals surface area contributed by atoms with Gasteiger partial charge in [-0.15, -0.1) is 5.10 Å². The molecule has 25 heavy (non-hydrogen) atoms. The highest BCUT2D eigenvalue weighted by Gasteiger charge is 2.09. The van der Waals surface area contributed by atoms with Crippen molar-refractivity contribution in [2.45, 2.75) is 0 Å². The van der Waals surface area contributed by atoms with Gasteiger partial charge < -0.3 is 9.94 Å². The van der Waals surface area contributed by atoms with Crippen molar-refractivity contribution in [1.82, 2.24) is 15.2 Å².